The summed E-state index contributed by atoms with van der Waals surface area (Å²) in [6.45, 7) is 2.77. The van der Waals surface area contributed by atoms with Crippen LogP contribution in [0.3, 0.4) is 0 Å². The Morgan fingerprint density at radius 2 is 2.37 bits per heavy atom. The van der Waals surface area contributed by atoms with Crippen LogP contribution in [-0.2, 0) is 6.42 Å². The number of aromatic nitrogens is 1. The zero-order chi connectivity index (χ0) is 13.2. The van der Waals surface area contributed by atoms with E-state index in [-0.39, 0.29) is 6.04 Å². The van der Waals surface area contributed by atoms with Gasteiger partial charge in [-0.25, -0.2) is 10.4 Å². The molecule has 5 heteroatoms. The Hall–Kier alpha value is -1.43. The van der Waals surface area contributed by atoms with Crippen molar-refractivity contribution in [3.8, 4) is 5.75 Å². The molecule has 100 valence electrons. The maximum absolute atomic E-state index is 5.85. The SMILES string of the molecule is Cc1nc(C(NN)c2cccc3c2OCCC3)cs1. The lowest BCUT2D eigenvalue weighted by Crippen LogP contribution is -2.30. The van der Waals surface area contributed by atoms with E-state index in [0.29, 0.717) is 0 Å². The predicted molar refractivity (Wildman–Crippen MR) is 76.3 cm³/mol. The standard InChI is InChI=1S/C14H17N3OS/c1-9-16-12(8-19-9)13(17-15)11-6-2-4-10-5-3-7-18-14(10)11/h2,4,6,8,13,17H,3,5,7,15H2,1H3. The molecule has 3 N–H and O–H groups in total. The van der Waals surface area contributed by atoms with Gasteiger partial charge in [-0.3, -0.25) is 5.84 Å². The number of rotatable bonds is 3. The van der Waals surface area contributed by atoms with Crippen LogP contribution in [0.1, 0.15) is 34.3 Å². The van der Waals surface area contributed by atoms with Crippen LogP contribution in [0.15, 0.2) is 23.6 Å². The van der Waals surface area contributed by atoms with E-state index in [4.69, 9.17) is 10.6 Å². The van der Waals surface area contributed by atoms with Gasteiger partial charge < -0.3 is 4.74 Å². The number of ether oxygens (including phenoxy) is 1. The van der Waals surface area contributed by atoms with E-state index in [1.807, 2.05) is 12.3 Å². The number of nitrogens with two attached hydrogens (primary N) is 1. The van der Waals surface area contributed by atoms with Gasteiger partial charge in [-0.1, -0.05) is 18.2 Å². The molecule has 3 rings (SSSR count). The molecule has 0 spiro atoms. The maximum Gasteiger partial charge on any atom is 0.127 e. The summed E-state index contributed by atoms with van der Waals surface area (Å²) >= 11 is 1.63. The highest BCUT2D eigenvalue weighted by molar-refractivity contribution is 7.09. The Morgan fingerprint density at radius 1 is 1.47 bits per heavy atom. The number of hydrazine groups is 1. The summed E-state index contributed by atoms with van der Waals surface area (Å²) in [6, 6.07) is 6.13. The molecule has 1 aliphatic rings. The minimum Gasteiger partial charge on any atom is -0.493 e. The lowest BCUT2D eigenvalue weighted by molar-refractivity contribution is 0.283. The molecular formula is C14H17N3OS. The number of hydrogen-bond donors (Lipinski definition) is 2. The number of nitrogens with zero attached hydrogens (tertiary/aromatic N) is 1. The van der Waals surface area contributed by atoms with E-state index in [9.17, 15) is 0 Å². The average Bonchev–Trinajstić information content (AvgIpc) is 2.86. The second-order valence-electron chi connectivity index (χ2n) is 4.68. The topological polar surface area (TPSA) is 60.2 Å². The minimum absolute atomic E-state index is 0.113. The Bertz CT molecular complexity index is 582. The van der Waals surface area contributed by atoms with Crippen LogP contribution in [0.4, 0.5) is 0 Å². The highest BCUT2D eigenvalue weighted by atomic mass is 32.1. The molecule has 2 heterocycles. The molecule has 0 bridgehead atoms. The Balaban J connectivity index is 2.04. The summed E-state index contributed by atoms with van der Waals surface area (Å²) in [7, 11) is 0. The van der Waals surface area contributed by atoms with Crippen LogP contribution in [-0.4, -0.2) is 11.6 Å². The monoisotopic (exact) mass is 275 g/mol. The minimum atomic E-state index is -0.113. The summed E-state index contributed by atoms with van der Waals surface area (Å²) in [4.78, 5) is 4.53. The molecule has 0 amide bonds. The van der Waals surface area contributed by atoms with E-state index in [2.05, 4.69) is 28.6 Å². The summed E-state index contributed by atoms with van der Waals surface area (Å²) in [5.74, 6) is 6.71. The van der Waals surface area contributed by atoms with Gasteiger partial charge in [0.1, 0.15) is 5.75 Å². The van der Waals surface area contributed by atoms with Crippen molar-refractivity contribution in [3.05, 3.63) is 45.4 Å². The number of para-hydroxylation sites is 1. The van der Waals surface area contributed by atoms with Crippen molar-refractivity contribution >= 4 is 11.3 Å². The van der Waals surface area contributed by atoms with E-state index in [1.165, 1.54) is 5.56 Å². The lowest BCUT2D eigenvalue weighted by Gasteiger charge is -2.24. The van der Waals surface area contributed by atoms with Crippen LogP contribution >= 0.6 is 11.3 Å². The van der Waals surface area contributed by atoms with Crippen molar-refractivity contribution in [1.82, 2.24) is 10.4 Å². The molecule has 0 saturated heterocycles. The van der Waals surface area contributed by atoms with Gasteiger partial charge in [0.15, 0.2) is 0 Å². The molecule has 1 atom stereocenters. The summed E-state index contributed by atoms with van der Waals surface area (Å²) in [6.07, 6.45) is 2.14. The molecular weight excluding hydrogens is 258 g/mol. The number of nitrogens with one attached hydrogen (secondary N) is 1. The first-order valence-electron chi connectivity index (χ1n) is 6.42. The largest absolute Gasteiger partial charge is 0.493 e. The quantitative estimate of drug-likeness (QED) is 0.666. The van der Waals surface area contributed by atoms with Gasteiger partial charge in [-0.2, -0.15) is 0 Å². The predicted octanol–water partition coefficient (Wildman–Crippen LogP) is 2.33. The Labute approximate surface area is 116 Å². The molecule has 4 nitrogen and oxygen atoms in total. The van der Waals surface area contributed by atoms with Gasteiger partial charge in [-0.05, 0) is 25.3 Å². The zero-order valence-electron chi connectivity index (χ0n) is 10.8. The molecule has 1 aliphatic heterocycles. The number of hydrogen-bond acceptors (Lipinski definition) is 5. The third-order valence-corrected chi connectivity index (χ3v) is 4.17. The molecule has 1 aromatic heterocycles. The van der Waals surface area contributed by atoms with Crippen molar-refractivity contribution in [1.29, 1.82) is 0 Å². The average molecular weight is 275 g/mol. The molecule has 1 unspecified atom stereocenters. The summed E-state index contributed by atoms with van der Waals surface area (Å²) < 4.78 is 5.85. The van der Waals surface area contributed by atoms with Gasteiger partial charge in [0.05, 0.1) is 23.4 Å². The lowest BCUT2D eigenvalue weighted by atomic mass is 9.97. The van der Waals surface area contributed by atoms with Gasteiger partial charge >= 0.3 is 0 Å². The number of benzene rings is 1. The third kappa shape index (κ3) is 2.36. The van der Waals surface area contributed by atoms with Crippen LogP contribution < -0.4 is 16.0 Å². The van der Waals surface area contributed by atoms with Crippen molar-refractivity contribution in [3.63, 3.8) is 0 Å². The second kappa shape index (κ2) is 5.28. The summed E-state index contributed by atoms with van der Waals surface area (Å²) in [5, 5.41) is 3.09. The number of aryl methyl sites for hydroxylation is 2. The second-order valence-corrected chi connectivity index (χ2v) is 5.74. The molecule has 1 aromatic carbocycles. The maximum atomic E-state index is 5.85. The molecule has 0 saturated carbocycles. The van der Waals surface area contributed by atoms with E-state index >= 15 is 0 Å². The fourth-order valence-corrected chi connectivity index (χ4v) is 3.13. The van der Waals surface area contributed by atoms with Crippen molar-refractivity contribution in [2.45, 2.75) is 25.8 Å². The number of thiazole rings is 1. The first-order chi connectivity index (χ1) is 9.29. The van der Waals surface area contributed by atoms with Crippen molar-refractivity contribution in [2.75, 3.05) is 6.61 Å². The molecule has 2 aromatic rings. The van der Waals surface area contributed by atoms with Crippen LogP contribution in [0.5, 0.6) is 5.75 Å². The fourth-order valence-electron chi connectivity index (χ4n) is 2.49. The van der Waals surface area contributed by atoms with Crippen LogP contribution in [0, 0.1) is 6.92 Å². The number of fused-ring (bicyclic) bond motifs is 1. The molecule has 0 aliphatic carbocycles. The summed E-state index contributed by atoms with van der Waals surface area (Å²) in [5.41, 5.74) is 6.15. The molecule has 0 fully saturated rings. The van der Waals surface area contributed by atoms with E-state index in [1.54, 1.807) is 11.3 Å². The van der Waals surface area contributed by atoms with E-state index in [0.717, 1.165) is 41.5 Å². The first-order valence-corrected chi connectivity index (χ1v) is 7.30. The zero-order valence-corrected chi connectivity index (χ0v) is 11.7. The molecule has 0 radical (unpaired) electrons. The van der Waals surface area contributed by atoms with Gasteiger partial charge in [0.2, 0.25) is 0 Å². The third-order valence-electron chi connectivity index (χ3n) is 3.37. The normalized spacial score (nSPS) is 15.7. The first kappa shape index (κ1) is 12.6. The van der Waals surface area contributed by atoms with Crippen LogP contribution in [0.25, 0.3) is 0 Å². The van der Waals surface area contributed by atoms with Crippen LogP contribution in [0.2, 0.25) is 0 Å². The Morgan fingerprint density at radius 3 is 3.11 bits per heavy atom. The highest BCUT2D eigenvalue weighted by Crippen LogP contribution is 2.35. The highest BCUT2D eigenvalue weighted by Gasteiger charge is 2.23. The van der Waals surface area contributed by atoms with Crippen molar-refractivity contribution < 1.29 is 4.74 Å². The van der Waals surface area contributed by atoms with Gasteiger partial charge in [0, 0.05) is 10.9 Å². The fraction of sp³-hybridized carbons (Fsp3) is 0.357. The molecule has 19 heavy (non-hydrogen) atoms. The Kier molecular flexibility index (Phi) is 3.50. The van der Waals surface area contributed by atoms with Gasteiger partial charge in [0.25, 0.3) is 0 Å². The smallest absolute Gasteiger partial charge is 0.127 e. The van der Waals surface area contributed by atoms with Crippen molar-refractivity contribution in [2.24, 2.45) is 5.84 Å². The van der Waals surface area contributed by atoms with Gasteiger partial charge in [-0.15, -0.1) is 11.3 Å². The van der Waals surface area contributed by atoms with E-state index < -0.39 is 0 Å².